The van der Waals surface area contributed by atoms with Gasteiger partial charge in [0, 0.05) is 6.42 Å². The van der Waals surface area contributed by atoms with Crippen molar-refractivity contribution in [1.29, 1.82) is 0 Å². The van der Waals surface area contributed by atoms with Crippen LogP contribution in [0.1, 0.15) is 206 Å². The van der Waals surface area contributed by atoms with Crippen LogP contribution in [0.25, 0.3) is 0 Å². The molecule has 0 aromatic heterocycles. The monoisotopic (exact) mass is 788 g/mol. The van der Waals surface area contributed by atoms with E-state index in [1.165, 1.54) is 135 Å². The van der Waals surface area contributed by atoms with E-state index in [9.17, 15) is 19.0 Å². The average Bonchev–Trinajstić information content (AvgIpc) is 3.15. The zero-order valence-electron chi connectivity index (χ0n) is 34.6. The Kier molecular flexibility index (Phi) is 38.3. The van der Waals surface area contributed by atoms with Gasteiger partial charge in [0.25, 0.3) is 0 Å². The lowest BCUT2D eigenvalue weighted by Gasteiger charge is -2.20. The summed E-state index contributed by atoms with van der Waals surface area (Å²) in [5.41, 5.74) is 5.35. The summed E-state index contributed by atoms with van der Waals surface area (Å²) in [6.45, 7) is 3.28. The molecule has 54 heavy (non-hydrogen) atoms. The highest BCUT2D eigenvalue weighted by molar-refractivity contribution is 7.47. The summed E-state index contributed by atoms with van der Waals surface area (Å²) >= 11 is 0. The van der Waals surface area contributed by atoms with Crippen LogP contribution in [0, 0.1) is 0 Å². The molecule has 4 N–H and O–H groups in total. The summed E-state index contributed by atoms with van der Waals surface area (Å²) in [6.07, 6.45) is 43.1. The van der Waals surface area contributed by atoms with Crippen LogP contribution in [0.4, 0.5) is 0 Å². The molecular weight excluding hydrogens is 705 g/mol. The summed E-state index contributed by atoms with van der Waals surface area (Å²) in [7, 11) is -4.63. The molecule has 10 nitrogen and oxygen atoms in total. The lowest BCUT2D eigenvalue weighted by Crippen LogP contribution is -2.34. The van der Waals surface area contributed by atoms with E-state index >= 15 is 0 Å². The summed E-state index contributed by atoms with van der Waals surface area (Å²) < 4.78 is 33.1. The summed E-state index contributed by atoms with van der Waals surface area (Å²) in [5.74, 6) is -1.81. The fourth-order valence-electron chi connectivity index (χ4n) is 6.09. The Morgan fingerprint density at radius 3 is 1.41 bits per heavy atom. The number of ether oxygens (including phenoxy) is 2. The third-order valence-electron chi connectivity index (χ3n) is 9.55. The number of carboxylic acids is 1. The molecule has 3 atom stereocenters. The Morgan fingerprint density at radius 2 is 0.963 bits per heavy atom. The van der Waals surface area contributed by atoms with Gasteiger partial charge in [0.15, 0.2) is 6.10 Å². The Hall–Kier alpha value is -1.71. The minimum atomic E-state index is -4.63. The normalized spacial score (nSPS) is 14.1. The van der Waals surface area contributed by atoms with Gasteiger partial charge >= 0.3 is 19.8 Å². The molecule has 318 valence electrons. The molecule has 0 bridgehead atoms. The highest BCUT2D eigenvalue weighted by Crippen LogP contribution is 2.43. The number of esters is 1. The molecule has 0 amide bonds. The van der Waals surface area contributed by atoms with E-state index in [1.807, 2.05) is 6.08 Å². The van der Waals surface area contributed by atoms with Crippen LogP contribution in [0.5, 0.6) is 0 Å². The van der Waals surface area contributed by atoms with Gasteiger partial charge in [-0.25, -0.2) is 4.57 Å². The number of rotatable bonds is 42. The smallest absolute Gasteiger partial charge is 0.472 e. The van der Waals surface area contributed by atoms with Crippen LogP contribution in [0.2, 0.25) is 0 Å². The highest BCUT2D eigenvalue weighted by atomic mass is 31.2. The first-order chi connectivity index (χ1) is 26.2. The van der Waals surface area contributed by atoms with E-state index in [0.717, 1.165) is 44.9 Å². The minimum absolute atomic E-state index is 0.0674. The molecule has 0 aliphatic rings. The van der Waals surface area contributed by atoms with E-state index in [1.54, 1.807) is 6.26 Å². The number of phosphoric acid groups is 1. The third-order valence-corrected chi connectivity index (χ3v) is 10.5. The van der Waals surface area contributed by atoms with Crippen LogP contribution >= 0.6 is 7.82 Å². The largest absolute Gasteiger partial charge is 0.498 e. The Morgan fingerprint density at radius 1 is 0.574 bits per heavy atom. The van der Waals surface area contributed by atoms with Gasteiger partial charge in [0.2, 0.25) is 0 Å². The molecule has 0 rings (SSSR count). The maximum absolute atomic E-state index is 12.6. The summed E-state index contributed by atoms with van der Waals surface area (Å²) in [4.78, 5) is 33.5. The van der Waals surface area contributed by atoms with Gasteiger partial charge < -0.3 is 25.2 Å². The lowest BCUT2D eigenvalue weighted by molar-refractivity contribution is -0.153. The number of unbranched alkanes of at least 4 members (excludes halogenated alkanes) is 26. The molecule has 11 heteroatoms. The Labute approximate surface area is 330 Å². The lowest BCUT2D eigenvalue weighted by atomic mass is 10.0. The number of carbonyl (C=O) groups is 2. The van der Waals surface area contributed by atoms with Crippen LogP contribution in [0.15, 0.2) is 24.5 Å². The standard InChI is InChI=1S/C43H82NO9P/c1-3-5-7-9-11-13-15-17-19-21-23-25-27-29-31-33-35-42(45)53-40(38-51-54(48,49)52-39-41(44)43(46)47)37-50-36-34-32-30-28-26-24-22-20-18-16-14-12-10-8-6-4-2/h19,21,34,36,40-41H,3-18,20,22-33,35,37-39,44H2,1-2H3,(H,46,47)(H,48,49)/b21-19-,36-34-/t40-,41+/m1/s1. The first kappa shape index (κ1) is 52.3. The molecule has 0 aliphatic carbocycles. The van der Waals surface area contributed by atoms with Gasteiger partial charge in [0.05, 0.1) is 19.5 Å². The molecule has 0 aromatic carbocycles. The number of allylic oxidation sites excluding steroid dienone is 3. The van der Waals surface area contributed by atoms with E-state index < -0.39 is 45.1 Å². The van der Waals surface area contributed by atoms with Crippen molar-refractivity contribution < 1.29 is 42.7 Å². The molecule has 0 saturated heterocycles. The molecular formula is C43H82NO9P. The summed E-state index contributed by atoms with van der Waals surface area (Å²) in [6, 6.07) is -1.48. The van der Waals surface area contributed by atoms with Crippen LogP contribution in [-0.4, -0.2) is 53.9 Å². The molecule has 0 heterocycles. The van der Waals surface area contributed by atoms with Crippen LogP contribution in [0.3, 0.4) is 0 Å². The van der Waals surface area contributed by atoms with Crippen molar-refractivity contribution in [2.45, 2.75) is 219 Å². The SMILES string of the molecule is CCCCCCCCC/C=C\CCCCCCCC(=O)O[C@H](CO/C=C\CCCCCCCCCCCCCCCC)COP(=O)(O)OC[C@H](N)C(=O)O. The zero-order chi connectivity index (χ0) is 39.8. The summed E-state index contributed by atoms with van der Waals surface area (Å²) in [5, 5.41) is 8.89. The predicted octanol–water partition coefficient (Wildman–Crippen LogP) is 12.3. The quantitative estimate of drug-likeness (QED) is 0.0179. The third kappa shape index (κ3) is 38.6. The molecule has 0 saturated carbocycles. The van der Waals surface area contributed by atoms with Crippen molar-refractivity contribution in [3.63, 3.8) is 0 Å². The highest BCUT2D eigenvalue weighted by Gasteiger charge is 2.27. The molecule has 0 aromatic rings. The Balaban J connectivity index is 4.29. The van der Waals surface area contributed by atoms with Crippen molar-refractivity contribution in [3.8, 4) is 0 Å². The van der Waals surface area contributed by atoms with E-state index in [2.05, 4.69) is 26.0 Å². The number of aliphatic carboxylic acids is 1. The zero-order valence-corrected chi connectivity index (χ0v) is 35.5. The number of hydrogen-bond donors (Lipinski definition) is 3. The second-order valence-electron chi connectivity index (χ2n) is 14.9. The Bertz CT molecular complexity index is 961. The molecule has 1 unspecified atom stereocenters. The minimum Gasteiger partial charge on any atom is -0.498 e. The van der Waals surface area contributed by atoms with E-state index in [4.69, 9.17) is 29.4 Å². The van der Waals surface area contributed by atoms with Gasteiger partial charge in [0.1, 0.15) is 12.6 Å². The van der Waals surface area contributed by atoms with Gasteiger partial charge in [-0.05, 0) is 51.0 Å². The van der Waals surface area contributed by atoms with Gasteiger partial charge in [-0.2, -0.15) is 0 Å². The molecule has 0 radical (unpaired) electrons. The second kappa shape index (κ2) is 39.5. The molecule has 0 aliphatic heterocycles. The van der Waals surface area contributed by atoms with Gasteiger partial charge in [-0.3, -0.25) is 18.6 Å². The van der Waals surface area contributed by atoms with Crippen molar-refractivity contribution in [2.75, 3.05) is 19.8 Å². The first-order valence-electron chi connectivity index (χ1n) is 21.9. The fraction of sp³-hybridized carbons (Fsp3) is 0.860. The average molecular weight is 788 g/mol. The number of carbonyl (C=O) groups excluding carboxylic acids is 1. The number of hydrogen-bond acceptors (Lipinski definition) is 8. The molecule has 0 fully saturated rings. The van der Waals surface area contributed by atoms with Crippen molar-refractivity contribution in [3.05, 3.63) is 24.5 Å². The number of phosphoric ester groups is 1. The van der Waals surface area contributed by atoms with Crippen molar-refractivity contribution in [1.82, 2.24) is 0 Å². The predicted molar refractivity (Wildman–Crippen MR) is 221 cm³/mol. The number of carboxylic acid groups (broad SMARTS) is 1. The second-order valence-corrected chi connectivity index (χ2v) is 16.3. The maximum atomic E-state index is 12.6. The van der Waals surface area contributed by atoms with Crippen molar-refractivity contribution >= 4 is 19.8 Å². The van der Waals surface area contributed by atoms with Crippen LogP contribution < -0.4 is 5.73 Å². The van der Waals surface area contributed by atoms with Crippen molar-refractivity contribution in [2.24, 2.45) is 5.73 Å². The topological polar surface area (TPSA) is 155 Å². The maximum Gasteiger partial charge on any atom is 0.472 e. The molecule has 0 spiro atoms. The van der Waals surface area contributed by atoms with Crippen LogP contribution in [-0.2, 0) is 32.7 Å². The van der Waals surface area contributed by atoms with E-state index in [0.29, 0.717) is 6.42 Å². The van der Waals surface area contributed by atoms with E-state index in [-0.39, 0.29) is 13.0 Å². The van der Waals surface area contributed by atoms with Gasteiger partial charge in [-0.1, -0.05) is 167 Å². The number of nitrogens with two attached hydrogens (primary N) is 1. The van der Waals surface area contributed by atoms with Gasteiger partial charge in [-0.15, -0.1) is 0 Å². The first-order valence-corrected chi connectivity index (χ1v) is 23.4. The fourth-order valence-corrected chi connectivity index (χ4v) is 6.87.